The number of carboxylic acid groups (broad SMARTS) is 1. The largest absolute Gasteiger partial charge is 0.481 e. The minimum absolute atomic E-state index is 0.0645. The highest BCUT2D eigenvalue weighted by Gasteiger charge is 2.35. The van der Waals surface area contributed by atoms with Crippen LogP contribution in [-0.2, 0) is 14.3 Å². The van der Waals surface area contributed by atoms with Crippen molar-refractivity contribution >= 4 is 11.9 Å². The Morgan fingerprint density at radius 3 is 2.53 bits per heavy atom. The van der Waals surface area contributed by atoms with Crippen LogP contribution in [0.1, 0.15) is 45.4 Å². The quantitative estimate of drug-likeness (QED) is 0.843. The number of likely N-dealkylation sites (tertiary alicyclic amines) is 1. The van der Waals surface area contributed by atoms with E-state index >= 15 is 0 Å². The number of nitrogens with zero attached hydrogens (tertiary/aromatic N) is 1. The van der Waals surface area contributed by atoms with Crippen LogP contribution in [0, 0.1) is 5.92 Å². The summed E-state index contributed by atoms with van der Waals surface area (Å²) < 4.78 is 5.62. The van der Waals surface area contributed by atoms with Crippen molar-refractivity contribution < 1.29 is 19.4 Å². The number of amides is 1. The molecule has 2 fully saturated rings. The molecule has 0 aromatic heterocycles. The molecule has 1 aliphatic heterocycles. The topological polar surface area (TPSA) is 66.8 Å². The molecule has 5 heteroatoms. The zero-order valence-corrected chi connectivity index (χ0v) is 11.5. The molecule has 1 saturated heterocycles. The summed E-state index contributed by atoms with van der Waals surface area (Å²) in [6.45, 7) is 2.57. The Morgan fingerprint density at radius 1 is 1.21 bits per heavy atom. The van der Waals surface area contributed by atoms with Crippen molar-refractivity contribution in [3.05, 3.63) is 0 Å². The van der Waals surface area contributed by atoms with Gasteiger partial charge in [-0.25, -0.2) is 0 Å². The number of hydrogen-bond donors (Lipinski definition) is 1. The summed E-state index contributed by atoms with van der Waals surface area (Å²) in [5.74, 6) is -1.31. The number of carboxylic acids is 1. The number of ether oxygens (including phenoxy) is 1. The van der Waals surface area contributed by atoms with Crippen LogP contribution in [0.15, 0.2) is 0 Å². The van der Waals surface area contributed by atoms with E-state index in [1.807, 2.05) is 6.92 Å². The van der Waals surface area contributed by atoms with Crippen molar-refractivity contribution in [3.63, 3.8) is 0 Å². The van der Waals surface area contributed by atoms with E-state index in [0.717, 1.165) is 19.3 Å². The van der Waals surface area contributed by atoms with E-state index in [-0.39, 0.29) is 24.7 Å². The minimum Gasteiger partial charge on any atom is -0.481 e. The Balaban J connectivity index is 1.84. The molecule has 0 radical (unpaired) electrons. The maximum absolute atomic E-state index is 12.1. The van der Waals surface area contributed by atoms with Gasteiger partial charge < -0.3 is 14.7 Å². The number of carbonyl (C=O) groups is 2. The molecule has 1 N–H and O–H groups in total. The molecule has 1 amide bonds. The van der Waals surface area contributed by atoms with E-state index in [4.69, 9.17) is 9.84 Å². The second-order valence-electron chi connectivity index (χ2n) is 5.63. The molecular formula is C14H23NO4. The summed E-state index contributed by atoms with van der Waals surface area (Å²) in [6.07, 6.45) is 6.08. The molecule has 2 rings (SSSR count). The summed E-state index contributed by atoms with van der Waals surface area (Å²) in [5.41, 5.74) is 0. The number of piperidine rings is 1. The zero-order valence-electron chi connectivity index (χ0n) is 11.5. The fourth-order valence-electron chi connectivity index (χ4n) is 3.15. The molecule has 2 atom stereocenters. The molecule has 0 spiro atoms. The Morgan fingerprint density at radius 2 is 1.89 bits per heavy atom. The van der Waals surface area contributed by atoms with E-state index in [2.05, 4.69) is 0 Å². The first-order valence-corrected chi connectivity index (χ1v) is 7.23. The van der Waals surface area contributed by atoms with Crippen molar-refractivity contribution in [1.29, 1.82) is 0 Å². The van der Waals surface area contributed by atoms with Gasteiger partial charge in [0.25, 0.3) is 0 Å². The lowest BCUT2D eigenvalue weighted by Gasteiger charge is -2.37. The van der Waals surface area contributed by atoms with Crippen LogP contribution in [-0.4, -0.2) is 47.2 Å². The lowest BCUT2D eigenvalue weighted by atomic mass is 9.90. The van der Waals surface area contributed by atoms with Gasteiger partial charge in [0.2, 0.25) is 5.91 Å². The molecule has 0 aromatic rings. The van der Waals surface area contributed by atoms with Gasteiger partial charge in [-0.15, -0.1) is 0 Å². The summed E-state index contributed by atoms with van der Waals surface area (Å²) in [6, 6.07) is -0.231. The van der Waals surface area contributed by atoms with Crippen LogP contribution in [0.2, 0.25) is 0 Å². The first-order chi connectivity index (χ1) is 9.09. The molecule has 2 aliphatic rings. The lowest BCUT2D eigenvalue weighted by molar-refractivity contribution is -0.151. The Kier molecular flexibility index (Phi) is 4.80. The smallest absolute Gasteiger partial charge is 0.308 e. The van der Waals surface area contributed by atoms with Crippen molar-refractivity contribution in [2.75, 3.05) is 13.2 Å². The van der Waals surface area contributed by atoms with Gasteiger partial charge in [-0.1, -0.05) is 12.8 Å². The predicted octanol–water partition coefficient (Wildman–Crippen LogP) is 1.66. The van der Waals surface area contributed by atoms with Crippen LogP contribution in [0.5, 0.6) is 0 Å². The molecule has 1 saturated carbocycles. The predicted molar refractivity (Wildman–Crippen MR) is 69.7 cm³/mol. The number of aliphatic carboxylic acids is 1. The van der Waals surface area contributed by atoms with Gasteiger partial charge in [0.1, 0.15) is 6.61 Å². The number of rotatable bonds is 4. The van der Waals surface area contributed by atoms with E-state index < -0.39 is 11.9 Å². The summed E-state index contributed by atoms with van der Waals surface area (Å²) in [7, 11) is 0. The highest BCUT2D eigenvalue weighted by molar-refractivity contribution is 5.79. The maximum Gasteiger partial charge on any atom is 0.308 e. The van der Waals surface area contributed by atoms with Crippen LogP contribution >= 0.6 is 0 Å². The molecule has 0 bridgehead atoms. The summed E-state index contributed by atoms with van der Waals surface area (Å²) in [5, 5.41) is 9.14. The highest BCUT2D eigenvalue weighted by atomic mass is 16.5. The number of hydrogen-bond acceptors (Lipinski definition) is 3. The molecule has 0 unspecified atom stereocenters. The van der Waals surface area contributed by atoms with Crippen molar-refractivity contribution in [2.24, 2.45) is 5.92 Å². The van der Waals surface area contributed by atoms with Crippen LogP contribution in [0.3, 0.4) is 0 Å². The first-order valence-electron chi connectivity index (χ1n) is 7.23. The third-order valence-corrected chi connectivity index (χ3v) is 4.37. The molecule has 1 heterocycles. The average Bonchev–Trinajstić information content (AvgIpc) is 2.89. The summed E-state index contributed by atoms with van der Waals surface area (Å²) in [4.78, 5) is 24.9. The SMILES string of the molecule is C[C@@H]1[C@H](C(=O)O)CCCN1C(=O)COC1CCCC1. The standard InChI is InChI=1S/C14H23NO4/c1-10-12(14(17)18)7-4-8-15(10)13(16)9-19-11-5-2-3-6-11/h10-12H,2-9H2,1H3,(H,17,18)/t10-,12-/m1/s1. The Hall–Kier alpha value is -1.10. The molecule has 0 aromatic carbocycles. The normalized spacial score (nSPS) is 28.6. The molecular weight excluding hydrogens is 246 g/mol. The molecule has 19 heavy (non-hydrogen) atoms. The van der Waals surface area contributed by atoms with Gasteiger partial charge in [0.05, 0.1) is 12.0 Å². The second-order valence-corrected chi connectivity index (χ2v) is 5.63. The van der Waals surface area contributed by atoms with Crippen molar-refractivity contribution in [3.8, 4) is 0 Å². The van der Waals surface area contributed by atoms with E-state index in [1.54, 1.807) is 4.90 Å². The number of carbonyl (C=O) groups excluding carboxylic acids is 1. The Labute approximate surface area is 113 Å². The van der Waals surface area contributed by atoms with Gasteiger partial charge in [0.15, 0.2) is 0 Å². The van der Waals surface area contributed by atoms with Gasteiger partial charge in [-0.3, -0.25) is 9.59 Å². The van der Waals surface area contributed by atoms with Crippen LogP contribution in [0.25, 0.3) is 0 Å². The minimum atomic E-state index is -0.804. The lowest BCUT2D eigenvalue weighted by Crippen LogP contribution is -2.50. The highest BCUT2D eigenvalue weighted by Crippen LogP contribution is 2.25. The fraction of sp³-hybridized carbons (Fsp3) is 0.857. The van der Waals surface area contributed by atoms with Crippen molar-refractivity contribution in [1.82, 2.24) is 4.90 Å². The molecule has 5 nitrogen and oxygen atoms in total. The van der Waals surface area contributed by atoms with Gasteiger partial charge in [-0.05, 0) is 32.6 Å². The second kappa shape index (κ2) is 6.37. The van der Waals surface area contributed by atoms with Gasteiger partial charge >= 0.3 is 5.97 Å². The van der Waals surface area contributed by atoms with E-state index in [0.29, 0.717) is 13.0 Å². The average molecular weight is 269 g/mol. The van der Waals surface area contributed by atoms with Crippen LogP contribution < -0.4 is 0 Å². The first kappa shape index (κ1) is 14.3. The maximum atomic E-state index is 12.1. The molecule has 1 aliphatic carbocycles. The van der Waals surface area contributed by atoms with Gasteiger partial charge in [-0.2, -0.15) is 0 Å². The fourth-order valence-corrected chi connectivity index (χ4v) is 3.15. The van der Waals surface area contributed by atoms with Crippen molar-refractivity contribution in [2.45, 2.75) is 57.6 Å². The Bertz CT molecular complexity index is 338. The monoisotopic (exact) mass is 269 g/mol. The third-order valence-electron chi connectivity index (χ3n) is 4.37. The third kappa shape index (κ3) is 3.47. The summed E-state index contributed by atoms with van der Waals surface area (Å²) >= 11 is 0. The molecule has 108 valence electrons. The van der Waals surface area contributed by atoms with E-state index in [1.165, 1.54) is 12.8 Å². The van der Waals surface area contributed by atoms with Crippen LogP contribution in [0.4, 0.5) is 0 Å². The van der Waals surface area contributed by atoms with E-state index in [9.17, 15) is 9.59 Å². The zero-order chi connectivity index (χ0) is 13.8. The van der Waals surface area contributed by atoms with Gasteiger partial charge in [0, 0.05) is 12.6 Å².